The van der Waals surface area contributed by atoms with Crippen molar-refractivity contribution < 1.29 is 13.2 Å². The first-order valence-electron chi connectivity index (χ1n) is 5.35. The number of benzene rings is 1. The van der Waals surface area contributed by atoms with Gasteiger partial charge in [0.1, 0.15) is 0 Å². The average Bonchev–Trinajstić information content (AvgIpc) is 2.34. The molecule has 0 radical (unpaired) electrons. The highest BCUT2D eigenvalue weighted by Gasteiger charge is 2.15. The van der Waals surface area contributed by atoms with E-state index in [1.807, 2.05) is 6.92 Å². The Morgan fingerprint density at radius 1 is 1.39 bits per heavy atom. The number of rotatable bonds is 5. The predicted molar refractivity (Wildman–Crippen MR) is 71.3 cm³/mol. The molecule has 0 fully saturated rings. The molecule has 1 rings (SSSR count). The minimum absolute atomic E-state index is 0.0208. The highest BCUT2D eigenvalue weighted by Crippen LogP contribution is 2.16. The average molecular weight is 288 g/mol. The van der Waals surface area contributed by atoms with Gasteiger partial charge in [0.15, 0.2) is 0 Å². The Balaban J connectivity index is 2.98. The molecule has 18 heavy (non-hydrogen) atoms. The van der Waals surface area contributed by atoms with E-state index >= 15 is 0 Å². The molecule has 98 valence electrons. The minimum Gasteiger partial charge on any atom is -0.335 e. The molecule has 0 saturated heterocycles. The quantitative estimate of drug-likeness (QED) is 0.616. The van der Waals surface area contributed by atoms with Crippen molar-refractivity contribution in [3.63, 3.8) is 0 Å². The van der Waals surface area contributed by atoms with E-state index in [0.29, 0.717) is 18.7 Å². The number of amides is 1. The smallest absolute Gasteiger partial charge is 0.261 e. The van der Waals surface area contributed by atoms with Gasteiger partial charge >= 0.3 is 0 Å². The number of hydrogen-bond donors (Lipinski definition) is 0. The van der Waals surface area contributed by atoms with Crippen molar-refractivity contribution in [3.8, 4) is 0 Å². The molecule has 0 aliphatic heterocycles. The summed E-state index contributed by atoms with van der Waals surface area (Å²) < 4.78 is 22.1. The molecule has 0 atom stereocenters. The third-order valence-corrected chi connectivity index (χ3v) is 3.77. The Hall–Kier alpha value is -1.33. The largest absolute Gasteiger partial charge is 0.335 e. The van der Waals surface area contributed by atoms with Gasteiger partial charge in [-0.3, -0.25) is 4.79 Å². The van der Waals surface area contributed by atoms with Crippen LogP contribution in [0.1, 0.15) is 17.3 Å². The molecule has 0 bridgehead atoms. The molecule has 0 unspecified atom stereocenters. The first-order valence-corrected chi connectivity index (χ1v) is 7.66. The molecule has 0 aliphatic rings. The fraction of sp³-hybridized carbons (Fsp3) is 0.250. The summed E-state index contributed by atoms with van der Waals surface area (Å²) in [7, 11) is 1.44. The molecular weight excluding hydrogens is 274 g/mol. The van der Waals surface area contributed by atoms with Crippen molar-refractivity contribution in [1.82, 2.24) is 4.90 Å². The third-order valence-electron chi connectivity index (χ3n) is 2.40. The molecule has 6 heteroatoms. The minimum atomic E-state index is -3.75. The van der Waals surface area contributed by atoms with Gasteiger partial charge in [-0.2, -0.15) is 0 Å². The number of likely N-dealkylation sites (N-methyl/N-ethyl adjacent to an activating group) is 1. The van der Waals surface area contributed by atoms with E-state index in [1.165, 1.54) is 24.3 Å². The SMILES string of the molecule is C=CCN(CC)C(=O)c1ccc(S(=O)(=O)Cl)cc1. The topological polar surface area (TPSA) is 54.5 Å². The lowest BCUT2D eigenvalue weighted by Gasteiger charge is -2.18. The monoisotopic (exact) mass is 287 g/mol. The summed E-state index contributed by atoms with van der Waals surface area (Å²) in [6, 6.07) is 5.53. The highest BCUT2D eigenvalue weighted by molar-refractivity contribution is 8.13. The van der Waals surface area contributed by atoms with E-state index in [0.717, 1.165) is 0 Å². The van der Waals surface area contributed by atoms with Gasteiger partial charge in [-0.25, -0.2) is 8.42 Å². The summed E-state index contributed by atoms with van der Waals surface area (Å²) >= 11 is 0. The molecule has 0 aliphatic carbocycles. The Bertz CT molecular complexity index is 537. The zero-order chi connectivity index (χ0) is 13.8. The Morgan fingerprint density at radius 2 is 1.94 bits per heavy atom. The van der Waals surface area contributed by atoms with Crippen molar-refractivity contribution in [2.45, 2.75) is 11.8 Å². The van der Waals surface area contributed by atoms with Crippen LogP contribution in [0, 0.1) is 0 Å². The molecule has 0 aromatic heterocycles. The molecule has 4 nitrogen and oxygen atoms in total. The maximum Gasteiger partial charge on any atom is 0.261 e. The van der Waals surface area contributed by atoms with E-state index in [1.54, 1.807) is 11.0 Å². The summed E-state index contributed by atoms with van der Waals surface area (Å²) in [5, 5.41) is 0. The van der Waals surface area contributed by atoms with Crippen molar-refractivity contribution in [2.75, 3.05) is 13.1 Å². The molecule has 0 saturated carbocycles. The van der Waals surface area contributed by atoms with Gasteiger partial charge in [0.2, 0.25) is 0 Å². The molecule has 0 heterocycles. The lowest BCUT2D eigenvalue weighted by Crippen LogP contribution is -2.30. The number of hydrogen-bond acceptors (Lipinski definition) is 3. The molecule has 0 N–H and O–H groups in total. The second kappa shape index (κ2) is 6.02. The van der Waals surface area contributed by atoms with Gasteiger partial charge in [0, 0.05) is 29.3 Å². The van der Waals surface area contributed by atoms with Gasteiger partial charge < -0.3 is 4.90 Å². The first-order chi connectivity index (χ1) is 8.40. The van der Waals surface area contributed by atoms with Crippen LogP contribution in [0.4, 0.5) is 0 Å². The molecular formula is C12H14ClNO3S. The second-order valence-corrected chi connectivity index (χ2v) is 6.16. The summed E-state index contributed by atoms with van der Waals surface area (Å²) in [5.41, 5.74) is 0.419. The summed E-state index contributed by atoms with van der Waals surface area (Å²) in [5.74, 6) is -0.170. The predicted octanol–water partition coefficient (Wildman–Crippen LogP) is 2.26. The zero-order valence-electron chi connectivity index (χ0n) is 9.97. The van der Waals surface area contributed by atoms with Gasteiger partial charge in [0.05, 0.1) is 4.90 Å². The lowest BCUT2D eigenvalue weighted by molar-refractivity contribution is 0.0782. The van der Waals surface area contributed by atoms with Crippen LogP contribution in [0.25, 0.3) is 0 Å². The van der Waals surface area contributed by atoms with Crippen molar-refractivity contribution in [2.24, 2.45) is 0 Å². The van der Waals surface area contributed by atoms with Crippen LogP contribution < -0.4 is 0 Å². The summed E-state index contributed by atoms with van der Waals surface area (Å²) in [6.45, 7) is 6.45. The molecule has 0 spiro atoms. The van der Waals surface area contributed by atoms with Crippen LogP contribution in [0.5, 0.6) is 0 Å². The van der Waals surface area contributed by atoms with E-state index in [4.69, 9.17) is 10.7 Å². The van der Waals surface area contributed by atoms with Crippen LogP contribution in [0.2, 0.25) is 0 Å². The maximum atomic E-state index is 12.0. The van der Waals surface area contributed by atoms with Gasteiger partial charge in [-0.15, -0.1) is 6.58 Å². The van der Waals surface area contributed by atoms with Crippen LogP contribution in [-0.2, 0) is 9.05 Å². The van der Waals surface area contributed by atoms with Gasteiger partial charge in [-0.1, -0.05) is 6.08 Å². The van der Waals surface area contributed by atoms with Crippen LogP contribution >= 0.6 is 10.7 Å². The van der Waals surface area contributed by atoms with E-state index in [2.05, 4.69) is 6.58 Å². The number of carbonyl (C=O) groups is 1. The van der Waals surface area contributed by atoms with E-state index in [9.17, 15) is 13.2 Å². The highest BCUT2D eigenvalue weighted by atomic mass is 35.7. The Kier molecular flexibility index (Phi) is 4.93. The molecule has 1 amide bonds. The molecule has 1 aromatic carbocycles. The normalized spacial score (nSPS) is 11.0. The standard InChI is InChI=1S/C12H14ClNO3S/c1-3-9-14(4-2)12(15)10-5-7-11(8-6-10)18(13,16)17/h3,5-8H,1,4,9H2,2H3. The summed E-state index contributed by atoms with van der Waals surface area (Å²) in [4.78, 5) is 13.6. The Labute approximate surface area is 111 Å². The second-order valence-electron chi connectivity index (χ2n) is 3.59. The zero-order valence-corrected chi connectivity index (χ0v) is 11.5. The summed E-state index contributed by atoms with van der Waals surface area (Å²) in [6.07, 6.45) is 1.64. The fourth-order valence-electron chi connectivity index (χ4n) is 1.45. The van der Waals surface area contributed by atoms with Crippen LogP contribution in [0.3, 0.4) is 0 Å². The number of carbonyl (C=O) groups excluding carboxylic acids is 1. The van der Waals surface area contributed by atoms with Crippen molar-refractivity contribution in [1.29, 1.82) is 0 Å². The van der Waals surface area contributed by atoms with Gasteiger partial charge in [0.25, 0.3) is 15.0 Å². The Morgan fingerprint density at radius 3 is 2.33 bits per heavy atom. The maximum absolute atomic E-state index is 12.0. The lowest BCUT2D eigenvalue weighted by atomic mass is 10.2. The number of nitrogens with zero attached hydrogens (tertiary/aromatic N) is 1. The number of halogens is 1. The van der Waals surface area contributed by atoms with Gasteiger partial charge in [-0.05, 0) is 31.2 Å². The van der Waals surface area contributed by atoms with E-state index < -0.39 is 9.05 Å². The van der Waals surface area contributed by atoms with Crippen molar-refractivity contribution >= 4 is 25.6 Å². The first kappa shape index (κ1) is 14.7. The van der Waals surface area contributed by atoms with Crippen LogP contribution in [0.15, 0.2) is 41.8 Å². The fourth-order valence-corrected chi connectivity index (χ4v) is 2.22. The van der Waals surface area contributed by atoms with Crippen molar-refractivity contribution in [3.05, 3.63) is 42.5 Å². The van der Waals surface area contributed by atoms with E-state index in [-0.39, 0.29) is 10.8 Å². The third kappa shape index (κ3) is 3.58. The molecule has 1 aromatic rings. The van der Waals surface area contributed by atoms with Crippen LogP contribution in [-0.4, -0.2) is 32.3 Å².